The lowest BCUT2D eigenvalue weighted by Gasteiger charge is -2.41. The Kier molecular flexibility index (Phi) is 4.45. The van der Waals surface area contributed by atoms with Gasteiger partial charge in [-0.25, -0.2) is 4.79 Å². The highest BCUT2D eigenvalue weighted by Gasteiger charge is 2.51. The molecular weight excluding hydrogens is 266 g/mol. The summed E-state index contributed by atoms with van der Waals surface area (Å²) in [5, 5.41) is 3.88. The molecule has 4 heteroatoms. The van der Waals surface area contributed by atoms with Crippen LogP contribution in [0.3, 0.4) is 0 Å². The van der Waals surface area contributed by atoms with Gasteiger partial charge in [0.15, 0.2) is 5.69 Å². The normalized spacial score (nSPS) is 29.3. The van der Waals surface area contributed by atoms with Gasteiger partial charge in [0.05, 0.1) is 7.11 Å². The molecular formula is C17H27NO3. The van der Waals surface area contributed by atoms with Gasteiger partial charge in [0.1, 0.15) is 5.76 Å². The van der Waals surface area contributed by atoms with E-state index in [9.17, 15) is 4.79 Å². The molecule has 4 nitrogen and oxygen atoms in total. The molecule has 0 N–H and O–H groups in total. The number of methoxy groups -OCH3 is 1. The van der Waals surface area contributed by atoms with Crippen LogP contribution in [0.1, 0.15) is 69.6 Å². The van der Waals surface area contributed by atoms with Crippen molar-refractivity contribution in [2.75, 3.05) is 7.11 Å². The van der Waals surface area contributed by atoms with Crippen LogP contribution >= 0.6 is 0 Å². The average molecular weight is 293 g/mol. The van der Waals surface area contributed by atoms with Crippen LogP contribution in [0.25, 0.3) is 0 Å². The van der Waals surface area contributed by atoms with E-state index in [1.165, 1.54) is 13.5 Å². The molecule has 21 heavy (non-hydrogen) atoms. The molecule has 0 aromatic carbocycles. The van der Waals surface area contributed by atoms with Gasteiger partial charge in [0.2, 0.25) is 0 Å². The SMILES string of the molecule is COC(=O)c1cc([C@H]2CCC(C(C)C)[C@]2(C)C(C)C)on1. The summed E-state index contributed by atoms with van der Waals surface area (Å²) in [6.07, 6.45) is 2.29. The Morgan fingerprint density at radius 3 is 2.57 bits per heavy atom. The molecule has 1 aliphatic rings. The molecule has 0 radical (unpaired) electrons. The van der Waals surface area contributed by atoms with Crippen LogP contribution in [0.5, 0.6) is 0 Å². The van der Waals surface area contributed by atoms with Crippen molar-refractivity contribution >= 4 is 5.97 Å². The molecule has 1 unspecified atom stereocenters. The zero-order valence-electron chi connectivity index (χ0n) is 14.0. The highest BCUT2D eigenvalue weighted by molar-refractivity contribution is 5.86. The number of rotatable bonds is 4. The monoisotopic (exact) mass is 293 g/mol. The molecule has 1 saturated carbocycles. The van der Waals surface area contributed by atoms with Gasteiger partial charge in [-0.15, -0.1) is 0 Å². The van der Waals surface area contributed by atoms with E-state index in [4.69, 9.17) is 9.26 Å². The van der Waals surface area contributed by atoms with Crippen molar-refractivity contribution in [3.05, 3.63) is 17.5 Å². The van der Waals surface area contributed by atoms with Gasteiger partial charge in [-0.1, -0.05) is 39.8 Å². The van der Waals surface area contributed by atoms with Crippen molar-refractivity contribution in [1.29, 1.82) is 0 Å². The highest BCUT2D eigenvalue weighted by Crippen LogP contribution is 2.59. The van der Waals surface area contributed by atoms with Gasteiger partial charge in [-0.3, -0.25) is 0 Å². The van der Waals surface area contributed by atoms with E-state index in [0.717, 1.165) is 12.2 Å². The fraction of sp³-hybridized carbons (Fsp3) is 0.765. The Morgan fingerprint density at radius 1 is 1.38 bits per heavy atom. The summed E-state index contributed by atoms with van der Waals surface area (Å²) in [5.41, 5.74) is 0.438. The van der Waals surface area contributed by atoms with Crippen LogP contribution in [-0.4, -0.2) is 18.2 Å². The molecule has 0 spiro atoms. The molecule has 0 aliphatic heterocycles. The Morgan fingerprint density at radius 2 is 2.05 bits per heavy atom. The summed E-state index contributed by atoms with van der Waals surface area (Å²) >= 11 is 0. The molecule has 0 saturated heterocycles. The molecule has 1 aliphatic carbocycles. The predicted octanol–water partition coefficient (Wildman–Crippen LogP) is 4.27. The van der Waals surface area contributed by atoms with E-state index in [1.807, 2.05) is 0 Å². The average Bonchev–Trinajstić information content (AvgIpc) is 3.02. The lowest BCUT2D eigenvalue weighted by Crippen LogP contribution is -2.35. The van der Waals surface area contributed by atoms with Crippen molar-refractivity contribution in [2.24, 2.45) is 23.2 Å². The maximum absolute atomic E-state index is 11.6. The van der Waals surface area contributed by atoms with Crippen molar-refractivity contribution in [3.8, 4) is 0 Å². The number of carbonyl (C=O) groups is 1. The number of aromatic nitrogens is 1. The summed E-state index contributed by atoms with van der Waals surface area (Å²) in [6, 6.07) is 1.76. The number of ether oxygens (including phenoxy) is 1. The second-order valence-electron chi connectivity index (χ2n) is 7.11. The van der Waals surface area contributed by atoms with Gasteiger partial charge in [-0.2, -0.15) is 0 Å². The maximum atomic E-state index is 11.6. The van der Waals surface area contributed by atoms with Crippen LogP contribution in [0.4, 0.5) is 0 Å². The van der Waals surface area contributed by atoms with Crippen LogP contribution in [0.15, 0.2) is 10.6 Å². The van der Waals surface area contributed by atoms with Gasteiger partial charge in [0.25, 0.3) is 0 Å². The second kappa shape index (κ2) is 5.82. The molecule has 0 amide bonds. The van der Waals surface area contributed by atoms with Crippen molar-refractivity contribution in [2.45, 2.75) is 53.4 Å². The molecule has 118 valence electrons. The zero-order valence-corrected chi connectivity index (χ0v) is 14.0. The summed E-state index contributed by atoms with van der Waals surface area (Å²) in [4.78, 5) is 11.6. The van der Waals surface area contributed by atoms with Crippen LogP contribution in [-0.2, 0) is 4.74 Å². The van der Waals surface area contributed by atoms with E-state index < -0.39 is 5.97 Å². The molecule has 1 heterocycles. The number of esters is 1. The van der Waals surface area contributed by atoms with Gasteiger partial charge in [-0.05, 0) is 36.0 Å². The summed E-state index contributed by atoms with van der Waals surface area (Å²) in [6.45, 7) is 11.5. The fourth-order valence-electron chi connectivity index (χ4n) is 4.21. The molecule has 0 bridgehead atoms. The Bertz CT molecular complexity index is 506. The first-order valence-corrected chi connectivity index (χ1v) is 7.87. The second-order valence-corrected chi connectivity index (χ2v) is 7.11. The van der Waals surface area contributed by atoms with Crippen LogP contribution in [0, 0.1) is 23.2 Å². The smallest absolute Gasteiger partial charge is 0.360 e. The fourth-order valence-corrected chi connectivity index (χ4v) is 4.21. The minimum Gasteiger partial charge on any atom is -0.464 e. The van der Waals surface area contributed by atoms with Crippen LogP contribution in [0.2, 0.25) is 0 Å². The van der Waals surface area contributed by atoms with Crippen molar-refractivity contribution < 1.29 is 14.1 Å². The van der Waals surface area contributed by atoms with E-state index in [1.54, 1.807) is 6.07 Å². The van der Waals surface area contributed by atoms with Crippen molar-refractivity contribution in [1.82, 2.24) is 5.16 Å². The first-order valence-electron chi connectivity index (χ1n) is 7.87. The molecule has 1 aromatic rings. The minimum atomic E-state index is -0.436. The molecule has 1 fully saturated rings. The standard InChI is InChI=1S/C17H27NO3/c1-10(2)12-7-8-13(17(12,5)11(3)4)15-9-14(18-21-15)16(19)20-6/h9-13H,7-8H2,1-6H3/t12?,13-,17+/m1/s1. The molecule has 3 atom stereocenters. The molecule has 2 rings (SSSR count). The number of nitrogens with zero attached hydrogens (tertiary/aromatic N) is 1. The summed E-state index contributed by atoms with van der Waals surface area (Å²) < 4.78 is 10.2. The first-order chi connectivity index (χ1) is 9.82. The lowest BCUT2D eigenvalue weighted by atomic mass is 9.62. The van der Waals surface area contributed by atoms with Gasteiger partial charge < -0.3 is 9.26 Å². The number of carbonyl (C=O) groups excluding carboxylic acids is 1. The largest absolute Gasteiger partial charge is 0.464 e. The van der Waals surface area contributed by atoms with E-state index in [2.05, 4.69) is 39.8 Å². The Balaban J connectivity index is 2.34. The number of hydrogen-bond donors (Lipinski definition) is 0. The molecule has 1 aromatic heterocycles. The summed E-state index contributed by atoms with van der Waals surface area (Å²) in [7, 11) is 1.36. The van der Waals surface area contributed by atoms with Crippen LogP contribution < -0.4 is 0 Å². The first kappa shape index (κ1) is 16.1. The Hall–Kier alpha value is -1.32. The lowest BCUT2D eigenvalue weighted by molar-refractivity contribution is 0.0588. The predicted molar refractivity (Wildman–Crippen MR) is 81.1 cm³/mol. The maximum Gasteiger partial charge on any atom is 0.360 e. The third kappa shape index (κ3) is 2.60. The quantitative estimate of drug-likeness (QED) is 0.778. The zero-order chi connectivity index (χ0) is 15.8. The number of hydrogen-bond acceptors (Lipinski definition) is 4. The van der Waals surface area contributed by atoms with Crippen molar-refractivity contribution in [3.63, 3.8) is 0 Å². The Labute approximate surface area is 127 Å². The van der Waals surface area contributed by atoms with E-state index in [-0.39, 0.29) is 11.1 Å². The third-order valence-electron chi connectivity index (χ3n) is 5.63. The summed E-state index contributed by atoms with van der Waals surface area (Å²) in [5.74, 6) is 2.56. The van der Waals surface area contributed by atoms with Gasteiger partial charge in [0, 0.05) is 12.0 Å². The highest BCUT2D eigenvalue weighted by atomic mass is 16.5. The topological polar surface area (TPSA) is 52.3 Å². The van der Waals surface area contributed by atoms with E-state index in [0.29, 0.717) is 23.7 Å². The van der Waals surface area contributed by atoms with Gasteiger partial charge >= 0.3 is 5.97 Å². The minimum absolute atomic E-state index is 0.168. The third-order valence-corrected chi connectivity index (χ3v) is 5.63. The van der Waals surface area contributed by atoms with E-state index >= 15 is 0 Å².